The van der Waals surface area contributed by atoms with Crippen molar-refractivity contribution in [2.24, 2.45) is 4.99 Å². The quantitative estimate of drug-likeness (QED) is 0.477. The lowest BCUT2D eigenvalue weighted by molar-refractivity contribution is 1.41. The maximum absolute atomic E-state index is 3.82. The highest BCUT2D eigenvalue weighted by atomic mass is 79.9. The van der Waals surface area contributed by atoms with Gasteiger partial charge >= 0.3 is 0 Å². The van der Waals surface area contributed by atoms with Gasteiger partial charge in [-0.25, -0.2) is 0 Å². The second-order valence-electron chi connectivity index (χ2n) is 1.21. The summed E-state index contributed by atoms with van der Waals surface area (Å²) < 4.78 is 1.07. The van der Waals surface area contributed by atoms with Gasteiger partial charge in [0.15, 0.2) is 0 Å². The Labute approximate surface area is 50.6 Å². The Morgan fingerprint density at radius 3 is 3.00 bits per heavy atom. The first-order chi connectivity index (χ1) is 3.39. The Morgan fingerprint density at radius 1 is 1.86 bits per heavy atom. The van der Waals surface area contributed by atoms with Crippen LogP contribution in [0.15, 0.2) is 21.4 Å². The van der Waals surface area contributed by atoms with E-state index in [1.54, 1.807) is 6.20 Å². The van der Waals surface area contributed by atoms with E-state index in [1.807, 2.05) is 6.21 Å². The van der Waals surface area contributed by atoms with Gasteiger partial charge in [-0.05, 0) is 15.9 Å². The van der Waals surface area contributed by atoms with E-state index in [0.29, 0.717) is 0 Å². The first-order valence-corrected chi connectivity index (χ1v) is 2.80. The minimum absolute atomic E-state index is 0.885. The lowest BCUT2D eigenvalue weighted by Crippen LogP contribution is -1.75. The van der Waals surface area contributed by atoms with Crippen LogP contribution in [0, 0.1) is 0 Å². The maximum Gasteiger partial charge on any atom is 0.0691 e. The van der Waals surface area contributed by atoms with Gasteiger partial charge in [0, 0.05) is 17.1 Å². The molecule has 1 rings (SSSR count). The summed E-state index contributed by atoms with van der Waals surface area (Å²) >= 11 is 3.27. The highest BCUT2D eigenvalue weighted by molar-refractivity contribution is 9.11. The number of halogens is 1. The van der Waals surface area contributed by atoms with Crippen molar-refractivity contribution in [1.29, 1.82) is 0 Å². The zero-order valence-corrected chi connectivity index (χ0v) is 5.27. The van der Waals surface area contributed by atoms with Gasteiger partial charge in [-0.1, -0.05) is 5.73 Å². The molecule has 0 bridgehead atoms. The normalized spacial score (nSPS) is 17.0. The molecule has 0 unspecified atom stereocenters. The summed E-state index contributed by atoms with van der Waals surface area (Å²) in [7, 11) is 0. The topological polar surface area (TPSA) is 12.4 Å². The lowest BCUT2D eigenvalue weighted by atomic mass is 10.4. The highest BCUT2D eigenvalue weighted by Gasteiger charge is 1.86. The van der Waals surface area contributed by atoms with Crippen LogP contribution in [0.1, 0.15) is 6.42 Å². The molecule has 0 N–H and O–H groups in total. The van der Waals surface area contributed by atoms with Crippen molar-refractivity contribution in [3.63, 3.8) is 0 Å². The van der Waals surface area contributed by atoms with Gasteiger partial charge in [0.2, 0.25) is 0 Å². The van der Waals surface area contributed by atoms with Crippen LogP contribution in [0.3, 0.4) is 0 Å². The number of hydrogen-bond donors (Lipinski definition) is 0. The van der Waals surface area contributed by atoms with Crippen molar-refractivity contribution in [3.8, 4) is 0 Å². The molecule has 0 amide bonds. The molecule has 0 spiro atoms. The van der Waals surface area contributed by atoms with E-state index in [2.05, 4.69) is 26.7 Å². The molecule has 36 valence electrons. The van der Waals surface area contributed by atoms with Crippen LogP contribution >= 0.6 is 15.9 Å². The largest absolute Gasteiger partial charge is 0.260 e. The smallest absolute Gasteiger partial charge is 0.0691 e. The number of aliphatic imine (C=N–C) groups is 1. The van der Waals surface area contributed by atoms with Crippen molar-refractivity contribution in [3.05, 3.63) is 16.4 Å². The highest BCUT2D eigenvalue weighted by Crippen LogP contribution is 2.07. The molecule has 0 saturated heterocycles. The standard InChI is InChI=1S/C5H4BrN/c6-5-1-3-7-4-2-5/h3-4H,1H2. The van der Waals surface area contributed by atoms with Gasteiger partial charge in [0.05, 0.1) is 6.20 Å². The summed E-state index contributed by atoms with van der Waals surface area (Å²) in [6.07, 6.45) is 4.37. The van der Waals surface area contributed by atoms with Crippen LogP contribution in [-0.4, -0.2) is 6.21 Å². The molecule has 0 saturated carbocycles. The van der Waals surface area contributed by atoms with Crippen LogP contribution in [0.5, 0.6) is 0 Å². The molecule has 1 nitrogen and oxygen atoms in total. The second kappa shape index (κ2) is 2.10. The summed E-state index contributed by atoms with van der Waals surface area (Å²) in [6.45, 7) is 0. The predicted molar refractivity (Wildman–Crippen MR) is 33.6 cm³/mol. The molecule has 0 aliphatic carbocycles. The Balaban J connectivity index is 2.84. The molecular weight excluding hydrogens is 154 g/mol. The molecule has 1 aliphatic heterocycles. The van der Waals surface area contributed by atoms with Crippen LogP contribution in [0.25, 0.3) is 0 Å². The monoisotopic (exact) mass is 157 g/mol. The molecule has 0 aromatic carbocycles. The van der Waals surface area contributed by atoms with Gasteiger partial charge in [-0.3, -0.25) is 4.99 Å². The number of nitrogens with zero attached hydrogens (tertiary/aromatic N) is 1. The zero-order valence-electron chi connectivity index (χ0n) is 3.69. The fourth-order valence-corrected chi connectivity index (χ4v) is 0.599. The fraction of sp³-hybridized carbons (Fsp3) is 0.200. The van der Waals surface area contributed by atoms with E-state index >= 15 is 0 Å². The summed E-state index contributed by atoms with van der Waals surface area (Å²) in [5.41, 5.74) is 2.89. The fourth-order valence-electron chi connectivity index (χ4n) is 0.352. The zero-order chi connectivity index (χ0) is 5.11. The van der Waals surface area contributed by atoms with Crippen molar-refractivity contribution >= 4 is 22.1 Å². The second-order valence-corrected chi connectivity index (χ2v) is 2.17. The molecule has 1 aliphatic rings. The van der Waals surface area contributed by atoms with E-state index < -0.39 is 0 Å². The third-order valence-electron chi connectivity index (χ3n) is 0.672. The Hall–Kier alpha value is -0.330. The molecule has 0 radical (unpaired) electrons. The third kappa shape index (κ3) is 1.30. The third-order valence-corrected chi connectivity index (χ3v) is 1.22. The van der Waals surface area contributed by atoms with Crippen LogP contribution in [-0.2, 0) is 0 Å². The summed E-state index contributed by atoms with van der Waals surface area (Å²) in [6, 6.07) is 0. The molecule has 0 aromatic heterocycles. The van der Waals surface area contributed by atoms with Gasteiger partial charge in [-0.2, -0.15) is 0 Å². The van der Waals surface area contributed by atoms with E-state index in [1.165, 1.54) is 0 Å². The molecule has 2 heteroatoms. The predicted octanol–water partition coefficient (Wildman–Crippen LogP) is 1.85. The molecule has 0 atom stereocenters. The Morgan fingerprint density at radius 2 is 2.71 bits per heavy atom. The van der Waals surface area contributed by atoms with E-state index in [-0.39, 0.29) is 0 Å². The van der Waals surface area contributed by atoms with Gasteiger partial charge in [-0.15, -0.1) is 0 Å². The average molecular weight is 158 g/mol. The minimum atomic E-state index is 0.885. The van der Waals surface area contributed by atoms with Gasteiger partial charge < -0.3 is 0 Å². The van der Waals surface area contributed by atoms with Crippen molar-refractivity contribution in [2.45, 2.75) is 6.42 Å². The summed E-state index contributed by atoms with van der Waals surface area (Å²) in [5.74, 6) is 0. The Bertz CT molecular complexity index is 151. The van der Waals surface area contributed by atoms with E-state index in [4.69, 9.17) is 0 Å². The summed E-state index contributed by atoms with van der Waals surface area (Å²) in [5, 5.41) is 0. The first kappa shape index (κ1) is 4.82. The first-order valence-electron chi connectivity index (χ1n) is 2.01. The average Bonchev–Trinajstić information content (AvgIpc) is 1.69. The van der Waals surface area contributed by atoms with Crippen LogP contribution < -0.4 is 0 Å². The van der Waals surface area contributed by atoms with Gasteiger partial charge in [0.1, 0.15) is 0 Å². The number of rotatable bonds is 0. The number of allylic oxidation sites excluding steroid dienone is 1. The van der Waals surface area contributed by atoms with Crippen molar-refractivity contribution in [2.75, 3.05) is 0 Å². The van der Waals surface area contributed by atoms with Crippen molar-refractivity contribution in [1.82, 2.24) is 0 Å². The number of hydrogen-bond acceptors (Lipinski definition) is 1. The molecule has 0 aromatic rings. The van der Waals surface area contributed by atoms with Crippen LogP contribution in [0.2, 0.25) is 0 Å². The van der Waals surface area contributed by atoms with E-state index in [9.17, 15) is 0 Å². The minimum Gasteiger partial charge on any atom is -0.260 e. The Kier molecular flexibility index (Phi) is 1.45. The molecule has 0 fully saturated rings. The molecular formula is C5H4BrN. The maximum atomic E-state index is 3.82. The lowest BCUT2D eigenvalue weighted by Gasteiger charge is -1.87. The SMILES string of the molecule is BrC1=C=CN=CC1. The van der Waals surface area contributed by atoms with Gasteiger partial charge in [0.25, 0.3) is 0 Å². The molecule has 1 heterocycles. The molecule has 7 heavy (non-hydrogen) atoms. The van der Waals surface area contributed by atoms with E-state index in [0.717, 1.165) is 10.9 Å². The summed E-state index contributed by atoms with van der Waals surface area (Å²) in [4.78, 5) is 3.82. The van der Waals surface area contributed by atoms with Crippen molar-refractivity contribution < 1.29 is 0 Å². The van der Waals surface area contributed by atoms with Crippen LogP contribution in [0.4, 0.5) is 0 Å².